The Morgan fingerprint density at radius 2 is 2.00 bits per heavy atom. The Kier molecular flexibility index (Phi) is 4.10. The van der Waals surface area contributed by atoms with Crippen LogP contribution in [0.4, 0.5) is 0 Å². The van der Waals surface area contributed by atoms with E-state index < -0.39 is 12.1 Å². The number of aliphatic carboxylic acids is 1. The fourth-order valence-corrected chi connectivity index (χ4v) is 1.99. The van der Waals surface area contributed by atoms with E-state index in [0.717, 1.165) is 29.5 Å². The fourth-order valence-electron chi connectivity index (χ4n) is 1.99. The first-order valence-corrected chi connectivity index (χ1v) is 6.68. The molecule has 1 saturated carbocycles. The maximum Gasteiger partial charge on any atom is 0.346 e. The summed E-state index contributed by atoms with van der Waals surface area (Å²) in [4.78, 5) is 11.3. The summed E-state index contributed by atoms with van der Waals surface area (Å²) in [6.45, 7) is 6.26. The van der Waals surface area contributed by atoms with E-state index in [-0.39, 0.29) is 0 Å². The first kappa shape index (κ1) is 13.9. The summed E-state index contributed by atoms with van der Waals surface area (Å²) in [6.07, 6.45) is 1.43. The van der Waals surface area contributed by atoms with Crippen molar-refractivity contribution in [2.75, 3.05) is 6.54 Å². The number of hydrogen-bond acceptors (Lipinski definition) is 3. The normalized spacial score (nSPS) is 16.2. The van der Waals surface area contributed by atoms with Crippen LogP contribution >= 0.6 is 0 Å². The van der Waals surface area contributed by atoms with Crippen LogP contribution in [0.3, 0.4) is 0 Å². The van der Waals surface area contributed by atoms with Crippen LogP contribution in [0.5, 0.6) is 5.75 Å². The Morgan fingerprint density at radius 3 is 2.58 bits per heavy atom. The van der Waals surface area contributed by atoms with Gasteiger partial charge < -0.3 is 15.2 Å². The molecule has 4 heteroatoms. The summed E-state index contributed by atoms with van der Waals surface area (Å²) < 4.78 is 5.73. The van der Waals surface area contributed by atoms with Crippen LogP contribution in [0.25, 0.3) is 0 Å². The van der Waals surface area contributed by atoms with E-state index in [0.29, 0.717) is 18.3 Å². The van der Waals surface area contributed by atoms with Gasteiger partial charge in [-0.3, -0.25) is 0 Å². The predicted molar refractivity (Wildman–Crippen MR) is 73.7 cm³/mol. The van der Waals surface area contributed by atoms with Crippen LogP contribution in [0.1, 0.15) is 29.5 Å². The van der Waals surface area contributed by atoms with E-state index in [9.17, 15) is 9.90 Å². The van der Waals surface area contributed by atoms with Crippen molar-refractivity contribution in [3.05, 3.63) is 28.8 Å². The number of benzene rings is 1. The molecule has 0 aliphatic heterocycles. The molecule has 1 aromatic carbocycles. The molecule has 1 unspecified atom stereocenters. The minimum Gasteiger partial charge on any atom is -0.478 e. The van der Waals surface area contributed by atoms with E-state index in [4.69, 9.17) is 4.74 Å². The molecule has 0 aromatic heterocycles. The van der Waals surface area contributed by atoms with Gasteiger partial charge in [0.05, 0.1) is 0 Å². The van der Waals surface area contributed by atoms with Crippen molar-refractivity contribution < 1.29 is 14.6 Å². The molecule has 1 aliphatic carbocycles. The van der Waals surface area contributed by atoms with Crippen molar-refractivity contribution >= 4 is 5.97 Å². The summed E-state index contributed by atoms with van der Waals surface area (Å²) in [7, 11) is 0. The van der Waals surface area contributed by atoms with E-state index in [2.05, 4.69) is 5.32 Å². The van der Waals surface area contributed by atoms with Crippen molar-refractivity contribution in [2.24, 2.45) is 0 Å². The molecule has 2 N–H and O–H groups in total. The third-order valence-electron chi connectivity index (χ3n) is 3.58. The SMILES string of the molecule is Cc1ccc(C)c(OC(CNC2CC2)C(=O)O)c1C. The lowest BCUT2D eigenvalue weighted by molar-refractivity contribution is -0.144. The number of carboxylic acids is 1. The van der Waals surface area contributed by atoms with E-state index in [1.54, 1.807) is 0 Å². The summed E-state index contributed by atoms with van der Waals surface area (Å²) >= 11 is 0. The molecule has 4 nitrogen and oxygen atoms in total. The summed E-state index contributed by atoms with van der Waals surface area (Å²) in [5, 5.41) is 12.5. The van der Waals surface area contributed by atoms with Crippen LogP contribution in [0.15, 0.2) is 12.1 Å². The lowest BCUT2D eigenvalue weighted by Gasteiger charge is -2.19. The molecule has 0 amide bonds. The fraction of sp³-hybridized carbons (Fsp3) is 0.533. The third kappa shape index (κ3) is 3.47. The van der Waals surface area contributed by atoms with Gasteiger partial charge in [0.25, 0.3) is 0 Å². The zero-order chi connectivity index (χ0) is 14.0. The standard InChI is InChI=1S/C15H21NO3/c1-9-4-5-10(2)14(11(9)3)19-13(15(17)18)8-16-12-6-7-12/h4-5,12-13,16H,6-8H2,1-3H3,(H,17,18). The average Bonchev–Trinajstić information content (AvgIpc) is 3.17. The minimum atomic E-state index is -0.923. The van der Waals surface area contributed by atoms with Crippen LogP contribution in [0.2, 0.25) is 0 Å². The quantitative estimate of drug-likeness (QED) is 0.826. The second-order valence-electron chi connectivity index (χ2n) is 5.28. The van der Waals surface area contributed by atoms with Gasteiger partial charge in [-0.05, 0) is 50.3 Å². The van der Waals surface area contributed by atoms with Gasteiger partial charge in [0.1, 0.15) is 5.75 Å². The Bertz CT molecular complexity index is 481. The van der Waals surface area contributed by atoms with Gasteiger partial charge in [-0.25, -0.2) is 4.79 Å². The molecule has 19 heavy (non-hydrogen) atoms. The minimum absolute atomic E-state index is 0.354. The molecule has 104 valence electrons. The number of nitrogens with one attached hydrogen (secondary N) is 1. The van der Waals surface area contributed by atoms with Crippen molar-refractivity contribution in [3.63, 3.8) is 0 Å². The molecule has 1 aromatic rings. The van der Waals surface area contributed by atoms with Gasteiger partial charge in [0.15, 0.2) is 0 Å². The molecular weight excluding hydrogens is 242 g/mol. The number of rotatable bonds is 6. The van der Waals surface area contributed by atoms with Crippen molar-refractivity contribution in [3.8, 4) is 5.75 Å². The molecule has 1 fully saturated rings. The largest absolute Gasteiger partial charge is 0.478 e. The second-order valence-corrected chi connectivity index (χ2v) is 5.28. The van der Waals surface area contributed by atoms with Crippen molar-refractivity contribution in [2.45, 2.75) is 45.8 Å². The molecule has 0 saturated heterocycles. The number of carbonyl (C=O) groups is 1. The van der Waals surface area contributed by atoms with E-state index in [1.807, 2.05) is 32.9 Å². The number of ether oxygens (including phenoxy) is 1. The molecule has 0 radical (unpaired) electrons. The monoisotopic (exact) mass is 263 g/mol. The number of hydrogen-bond donors (Lipinski definition) is 2. The predicted octanol–water partition coefficient (Wildman–Crippen LogP) is 2.20. The van der Waals surface area contributed by atoms with Gasteiger partial charge in [-0.2, -0.15) is 0 Å². The summed E-state index contributed by atoms with van der Waals surface area (Å²) in [5.41, 5.74) is 3.10. The highest BCUT2D eigenvalue weighted by Crippen LogP contribution is 2.27. The third-order valence-corrected chi connectivity index (χ3v) is 3.58. The zero-order valence-corrected chi connectivity index (χ0v) is 11.7. The van der Waals surface area contributed by atoms with Gasteiger partial charge in [0.2, 0.25) is 6.10 Å². The molecule has 1 aliphatic rings. The Morgan fingerprint density at radius 1 is 1.37 bits per heavy atom. The maximum atomic E-state index is 11.3. The highest BCUT2D eigenvalue weighted by Gasteiger charge is 2.26. The van der Waals surface area contributed by atoms with E-state index in [1.165, 1.54) is 0 Å². The van der Waals surface area contributed by atoms with Gasteiger partial charge in [-0.1, -0.05) is 12.1 Å². The maximum absolute atomic E-state index is 11.3. The van der Waals surface area contributed by atoms with Crippen LogP contribution in [-0.4, -0.2) is 29.8 Å². The zero-order valence-electron chi connectivity index (χ0n) is 11.7. The summed E-state index contributed by atoms with van der Waals surface area (Å²) in [6, 6.07) is 4.46. The van der Waals surface area contributed by atoms with Crippen molar-refractivity contribution in [1.29, 1.82) is 0 Å². The van der Waals surface area contributed by atoms with Gasteiger partial charge in [-0.15, -0.1) is 0 Å². The Labute approximate surface area is 113 Å². The first-order valence-electron chi connectivity index (χ1n) is 6.68. The molecule has 0 bridgehead atoms. The van der Waals surface area contributed by atoms with Crippen molar-refractivity contribution in [1.82, 2.24) is 5.32 Å². The van der Waals surface area contributed by atoms with Crippen LogP contribution < -0.4 is 10.1 Å². The molecule has 0 spiro atoms. The number of carboxylic acid groups (broad SMARTS) is 1. The van der Waals surface area contributed by atoms with Crippen LogP contribution in [-0.2, 0) is 4.79 Å². The lowest BCUT2D eigenvalue weighted by Crippen LogP contribution is -2.39. The lowest BCUT2D eigenvalue weighted by atomic mass is 10.1. The van der Waals surface area contributed by atoms with Crippen LogP contribution in [0, 0.1) is 20.8 Å². The van der Waals surface area contributed by atoms with Gasteiger partial charge in [0, 0.05) is 12.6 Å². The first-order chi connectivity index (χ1) is 8.99. The highest BCUT2D eigenvalue weighted by molar-refractivity contribution is 5.73. The molecule has 1 atom stereocenters. The Hall–Kier alpha value is -1.55. The topological polar surface area (TPSA) is 58.6 Å². The molecule has 2 rings (SSSR count). The average molecular weight is 263 g/mol. The molecule has 0 heterocycles. The summed E-state index contributed by atoms with van der Waals surface area (Å²) in [5.74, 6) is -0.224. The van der Waals surface area contributed by atoms with Gasteiger partial charge >= 0.3 is 5.97 Å². The number of aryl methyl sites for hydroxylation is 2. The Balaban J connectivity index is 2.11. The highest BCUT2D eigenvalue weighted by atomic mass is 16.5. The van der Waals surface area contributed by atoms with E-state index >= 15 is 0 Å². The molecular formula is C15H21NO3. The second kappa shape index (κ2) is 5.61. The smallest absolute Gasteiger partial charge is 0.346 e.